The molecule has 0 aliphatic heterocycles. The van der Waals surface area contributed by atoms with Gasteiger partial charge in [0.2, 0.25) is 0 Å². The number of thioether (sulfide) groups is 1. The largest absolute Gasteiger partial charge is 0.366 e. The van der Waals surface area contributed by atoms with Gasteiger partial charge < -0.3 is 10.2 Å². The molecule has 1 rings (SSSR count). The molecule has 0 saturated carbocycles. The normalized spacial score (nSPS) is 9.80. The van der Waals surface area contributed by atoms with E-state index in [1.165, 1.54) is 5.56 Å². The van der Waals surface area contributed by atoms with Crippen molar-refractivity contribution in [2.24, 2.45) is 0 Å². The fourth-order valence-electron chi connectivity index (χ4n) is 1.25. The van der Waals surface area contributed by atoms with Gasteiger partial charge in [-0.3, -0.25) is 0 Å². The van der Waals surface area contributed by atoms with Crippen LogP contribution >= 0.6 is 24.0 Å². The van der Waals surface area contributed by atoms with Crippen LogP contribution in [0.1, 0.15) is 5.56 Å². The van der Waals surface area contributed by atoms with Crippen LogP contribution < -0.4 is 5.32 Å². The van der Waals surface area contributed by atoms with Crippen molar-refractivity contribution in [1.82, 2.24) is 15.2 Å². The van der Waals surface area contributed by atoms with Gasteiger partial charge in [0.25, 0.3) is 0 Å². The van der Waals surface area contributed by atoms with Gasteiger partial charge in [-0.05, 0) is 24.5 Å². The summed E-state index contributed by atoms with van der Waals surface area (Å²) in [7, 11) is 3.80. The number of nitrogens with one attached hydrogen (secondary N) is 1. The number of pyridine rings is 1. The number of hydrogen-bond donors (Lipinski definition) is 1. The van der Waals surface area contributed by atoms with Crippen molar-refractivity contribution >= 4 is 29.1 Å². The molecule has 3 nitrogen and oxygen atoms in total. The van der Waals surface area contributed by atoms with E-state index in [0.29, 0.717) is 0 Å². The summed E-state index contributed by atoms with van der Waals surface area (Å²) in [5.74, 6) is 0. The number of thiocarbonyl (C=S) groups is 1. The summed E-state index contributed by atoms with van der Waals surface area (Å²) in [6, 6.07) is 4.03. The predicted octanol–water partition coefficient (Wildman–Crippen LogP) is 1.74. The Kier molecular flexibility index (Phi) is 4.84. The molecule has 1 N–H and O–H groups in total. The van der Waals surface area contributed by atoms with E-state index in [9.17, 15) is 0 Å². The smallest absolute Gasteiger partial charge is 0.168 e. The zero-order chi connectivity index (χ0) is 11.3. The second kappa shape index (κ2) is 5.92. The summed E-state index contributed by atoms with van der Waals surface area (Å²) in [5.41, 5.74) is 1.20. The molecule has 0 aromatic carbocycles. The first kappa shape index (κ1) is 12.3. The van der Waals surface area contributed by atoms with Gasteiger partial charge in [-0.25, -0.2) is 4.98 Å². The van der Waals surface area contributed by atoms with Crippen LogP contribution in [0.4, 0.5) is 0 Å². The highest BCUT2D eigenvalue weighted by atomic mass is 32.2. The topological polar surface area (TPSA) is 28.2 Å². The highest BCUT2D eigenvalue weighted by Crippen LogP contribution is 2.17. The van der Waals surface area contributed by atoms with E-state index in [2.05, 4.69) is 16.4 Å². The Morgan fingerprint density at radius 3 is 3.00 bits per heavy atom. The molecule has 1 aromatic heterocycles. The highest BCUT2D eigenvalue weighted by Gasteiger charge is 2.07. The third-order valence-corrected chi connectivity index (χ3v) is 3.28. The zero-order valence-electron chi connectivity index (χ0n) is 9.15. The van der Waals surface area contributed by atoms with Gasteiger partial charge >= 0.3 is 0 Å². The fraction of sp³-hybridized carbons (Fsp3) is 0.400. The number of hydrogen-bond acceptors (Lipinski definition) is 3. The molecule has 0 bridgehead atoms. The Labute approximate surface area is 100 Å². The molecule has 0 saturated heterocycles. The average Bonchev–Trinajstić information content (AvgIpc) is 2.28. The van der Waals surface area contributed by atoms with E-state index in [1.54, 1.807) is 11.8 Å². The quantitative estimate of drug-likeness (QED) is 0.643. The van der Waals surface area contributed by atoms with Gasteiger partial charge in [-0.1, -0.05) is 6.07 Å². The highest BCUT2D eigenvalue weighted by molar-refractivity contribution is 7.98. The zero-order valence-corrected chi connectivity index (χ0v) is 10.8. The van der Waals surface area contributed by atoms with Crippen molar-refractivity contribution in [3.8, 4) is 0 Å². The minimum atomic E-state index is 0.742. The molecule has 0 amide bonds. The maximum Gasteiger partial charge on any atom is 0.168 e. The average molecular weight is 241 g/mol. The Hall–Kier alpha value is -0.810. The third-order valence-electron chi connectivity index (χ3n) is 2.01. The van der Waals surface area contributed by atoms with Crippen molar-refractivity contribution in [2.45, 2.75) is 11.6 Å². The second-order valence-electron chi connectivity index (χ2n) is 3.08. The Balaban J connectivity index is 2.75. The van der Waals surface area contributed by atoms with Crippen molar-refractivity contribution in [2.75, 3.05) is 20.4 Å². The summed E-state index contributed by atoms with van der Waals surface area (Å²) in [6.07, 6.45) is 3.84. The summed E-state index contributed by atoms with van der Waals surface area (Å²) in [6.45, 7) is 0.781. The molecular weight excluding hydrogens is 226 g/mol. The van der Waals surface area contributed by atoms with E-state index < -0.39 is 0 Å². The van der Waals surface area contributed by atoms with Crippen LogP contribution in [0.2, 0.25) is 0 Å². The van der Waals surface area contributed by atoms with E-state index in [-0.39, 0.29) is 0 Å². The minimum absolute atomic E-state index is 0.742. The van der Waals surface area contributed by atoms with Crippen molar-refractivity contribution in [1.29, 1.82) is 0 Å². The van der Waals surface area contributed by atoms with E-state index in [1.807, 2.05) is 37.5 Å². The van der Waals surface area contributed by atoms with Crippen molar-refractivity contribution in [3.63, 3.8) is 0 Å². The van der Waals surface area contributed by atoms with Gasteiger partial charge in [0, 0.05) is 32.4 Å². The lowest BCUT2D eigenvalue weighted by molar-refractivity contribution is 0.488. The summed E-state index contributed by atoms with van der Waals surface area (Å²) >= 11 is 6.80. The molecule has 0 radical (unpaired) electrons. The number of aromatic nitrogens is 1. The molecular formula is C10H15N3S2. The lowest BCUT2D eigenvalue weighted by atomic mass is 10.3. The molecule has 0 atom stereocenters. The lowest BCUT2D eigenvalue weighted by Gasteiger charge is -2.20. The van der Waals surface area contributed by atoms with Gasteiger partial charge in [0.05, 0.1) is 0 Å². The second-order valence-corrected chi connectivity index (χ2v) is 4.26. The van der Waals surface area contributed by atoms with Crippen LogP contribution in [-0.4, -0.2) is 35.3 Å². The fourth-order valence-corrected chi connectivity index (χ4v) is 1.87. The standard InChI is InChI=1S/C10H15N3S2/c1-11-10(14)13(2)7-8-5-4-6-12-9(8)15-3/h4-6H,7H2,1-3H3,(H,11,14). The number of nitrogens with zero attached hydrogens (tertiary/aromatic N) is 2. The van der Waals surface area contributed by atoms with Crippen LogP contribution in [0.15, 0.2) is 23.4 Å². The van der Waals surface area contributed by atoms with Crippen LogP contribution in [0.3, 0.4) is 0 Å². The SMILES string of the molecule is CNC(=S)N(C)Cc1cccnc1SC. The van der Waals surface area contributed by atoms with Gasteiger partial charge in [0.1, 0.15) is 5.03 Å². The minimum Gasteiger partial charge on any atom is -0.366 e. The molecule has 0 aliphatic rings. The monoisotopic (exact) mass is 241 g/mol. The molecule has 0 unspecified atom stereocenters. The molecule has 15 heavy (non-hydrogen) atoms. The Morgan fingerprint density at radius 2 is 2.40 bits per heavy atom. The van der Waals surface area contributed by atoms with E-state index in [0.717, 1.165) is 16.7 Å². The summed E-state index contributed by atoms with van der Waals surface area (Å²) in [4.78, 5) is 6.30. The Bertz CT molecular complexity index is 341. The van der Waals surface area contributed by atoms with Crippen LogP contribution in [0, 0.1) is 0 Å². The first-order valence-electron chi connectivity index (χ1n) is 4.59. The van der Waals surface area contributed by atoms with Crippen molar-refractivity contribution < 1.29 is 0 Å². The molecule has 1 heterocycles. The van der Waals surface area contributed by atoms with Crippen LogP contribution in [-0.2, 0) is 6.54 Å². The van der Waals surface area contributed by atoms with E-state index in [4.69, 9.17) is 12.2 Å². The van der Waals surface area contributed by atoms with Crippen molar-refractivity contribution in [3.05, 3.63) is 23.9 Å². The molecule has 5 heteroatoms. The first-order chi connectivity index (χ1) is 7.19. The summed E-state index contributed by atoms with van der Waals surface area (Å²) < 4.78 is 0. The third kappa shape index (κ3) is 3.35. The van der Waals surface area contributed by atoms with E-state index >= 15 is 0 Å². The van der Waals surface area contributed by atoms with Gasteiger partial charge in [-0.15, -0.1) is 11.8 Å². The lowest BCUT2D eigenvalue weighted by Crippen LogP contribution is -2.34. The van der Waals surface area contributed by atoms with Crippen LogP contribution in [0.5, 0.6) is 0 Å². The van der Waals surface area contributed by atoms with Gasteiger partial charge in [-0.2, -0.15) is 0 Å². The maximum absolute atomic E-state index is 5.14. The number of rotatable bonds is 3. The Morgan fingerprint density at radius 1 is 1.67 bits per heavy atom. The molecule has 0 fully saturated rings. The first-order valence-corrected chi connectivity index (χ1v) is 6.23. The molecule has 82 valence electrons. The van der Waals surface area contributed by atoms with Crippen LogP contribution in [0.25, 0.3) is 0 Å². The predicted molar refractivity (Wildman–Crippen MR) is 69.1 cm³/mol. The maximum atomic E-state index is 5.14. The van der Waals surface area contributed by atoms with Gasteiger partial charge in [0.15, 0.2) is 5.11 Å². The molecule has 0 aliphatic carbocycles. The summed E-state index contributed by atoms with van der Waals surface area (Å²) in [5, 5.41) is 4.75. The molecule has 1 aromatic rings. The molecule has 0 spiro atoms.